The molecule has 4 N–H and O–H groups in total. The normalized spacial score (nSPS) is 11.0. The van der Waals surface area contributed by atoms with Crippen LogP contribution in [0.2, 0.25) is 0 Å². The summed E-state index contributed by atoms with van der Waals surface area (Å²) < 4.78 is 0. The van der Waals surface area contributed by atoms with Gasteiger partial charge in [-0.1, -0.05) is 39.8 Å². The molecular weight excluding hydrogens is 262 g/mol. The van der Waals surface area contributed by atoms with Gasteiger partial charge in [0.15, 0.2) is 0 Å². The second-order valence-electron chi connectivity index (χ2n) is 5.70. The number of aromatic nitrogens is 2. The molecule has 2 aromatic rings. The predicted octanol–water partition coefficient (Wildman–Crippen LogP) is 3.75. The lowest BCUT2D eigenvalue weighted by molar-refractivity contribution is 0.777. The Hall–Kier alpha value is -2.14. The quantitative estimate of drug-likeness (QED) is 0.576. The molecule has 21 heavy (non-hydrogen) atoms. The van der Waals surface area contributed by atoms with E-state index in [1.807, 2.05) is 0 Å². The number of anilines is 3. The Bertz CT molecular complexity index is 590. The maximum Gasteiger partial charge on any atom is 0.145 e. The number of hydrazine groups is 1. The molecule has 5 heteroatoms. The maximum atomic E-state index is 5.47. The van der Waals surface area contributed by atoms with Gasteiger partial charge in [0.2, 0.25) is 0 Å². The summed E-state index contributed by atoms with van der Waals surface area (Å²) in [7, 11) is 0. The van der Waals surface area contributed by atoms with Crippen molar-refractivity contribution in [2.24, 2.45) is 5.84 Å². The lowest BCUT2D eigenvalue weighted by Gasteiger charge is -2.12. The Morgan fingerprint density at radius 1 is 0.905 bits per heavy atom. The van der Waals surface area contributed by atoms with Crippen molar-refractivity contribution < 1.29 is 0 Å². The Labute approximate surface area is 126 Å². The van der Waals surface area contributed by atoms with E-state index < -0.39 is 0 Å². The van der Waals surface area contributed by atoms with Crippen LogP contribution in [0.25, 0.3) is 0 Å². The Kier molecular flexibility index (Phi) is 4.75. The van der Waals surface area contributed by atoms with Crippen molar-refractivity contribution in [3.8, 4) is 0 Å². The van der Waals surface area contributed by atoms with E-state index in [1.165, 1.54) is 5.56 Å². The van der Waals surface area contributed by atoms with Crippen LogP contribution in [-0.2, 0) is 0 Å². The van der Waals surface area contributed by atoms with Gasteiger partial charge in [-0.05, 0) is 23.6 Å². The van der Waals surface area contributed by atoms with E-state index in [4.69, 9.17) is 5.84 Å². The number of nitrogens with two attached hydrogens (primary N) is 1. The summed E-state index contributed by atoms with van der Waals surface area (Å²) in [5, 5.41) is 3.29. The predicted molar refractivity (Wildman–Crippen MR) is 87.7 cm³/mol. The Morgan fingerprint density at radius 2 is 1.52 bits per heavy atom. The molecule has 0 amide bonds. The van der Waals surface area contributed by atoms with Crippen LogP contribution in [0.3, 0.4) is 0 Å². The van der Waals surface area contributed by atoms with Gasteiger partial charge in [-0.15, -0.1) is 0 Å². The van der Waals surface area contributed by atoms with Gasteiger partial charge < -0.3 is 10.7 Å². The highest BCUT2D eigenvalue weighted by molar-refractivity contribution is 5.59. The van der Waals surface area contributed by atoms with E-state index in [0.717, 1.165) is 17.3 Å². The largest absolute Gasteiger partial charge is 0.340 e. The molecule has 0 spiro atoms. The van der Waals surface area contributed by atoms with Crippen LogP contribution in [0.15, 0.2) is 30.3 Å². The lowest BCUT2D eigenvalue weighted by atomic mass is 10.0. The SMILES string of the molecule is CC(C)c1ccc(Nc2cc(NN)nc(C(C)C)n2)cc1. The van der Waals surface area contributed by atoms with E-state index >= 15 is 0 Å². The molecule has 0 unspecified atom stereocenters. The fourth-order valence-corrected chi connectivity index (χ4v) is 1.96. The number of nitrogen functional groups attached to an aromatic ring is 1. The molecule has 1 aromatic heterocycles. The molecule has 0 radical (unpaired) electrons. The monoisotopic (exact) mass is 285 g/mol. The van der Waals surface area contributed by atoms with E-state index in [9.17, 15) is 0 Å². The summed E-state index contributed by atoms with van der Waals surface area (Å²) in [6.45, 7) is 8.47. The summed E-state index contributed by atoms with van der Waals surface area (Å²) in [5.74, 6) is 8.33. The molecule has 0 atom stereocenters. The fourth-order valence-electron chi connectivity index (χ4n) is 1.96. The first kappa shape index (κ1) is 15.3. The van der Waals surface area contributed by atoms with E-state index in [0.29, 0.717) is 11.7 Å². The van der Waals surface area contributed by atoms with Crippen LogP contribution in [0.1, 0.15) is 50.9 Å². The number of benzene rings is 1. The third-order valence-electron chi connectivity index (χ3n) is 3.26. The van der Waals surface area contributed by atoms with Gasteiger partial charge in [0, 0.05) is 17.7 Å². The molecule has 0 fully saturated rings. The molecule has 0 aliphatic carbocycles. The van der Waals surface area contributed by atoms with Crippen molar-refractivity contribution in [3.05, 3.63) is 41.7 Å². The van der Waals surface area contributed by atoms with Crippen molar-refractivity contribution in [3.63, 3.8) is 0 Å². The van der Waals surface area contributed by atoms with Gasteiger partial charge in [0.25, 0.3) is 0 Å². The van der Waals surface area contributed by atoms with Gasteiger partial charge in [0.1, 0.15) is 17.5 Å². The van der Waals surface area contributed by atoms with Gasteiger partial charge in [0.05, 0.1) is 0 Å². The zero-order chi connectivity index (χ0) is 15.4. The standard InChI is InChI=1S/C16H23N5/c1-10(2)12-5-7-13(8-6-12)18-14-9-15(21-17)20-16(19-14)11(3)4/h5-11H,17H2,1-4H3,(H2,18,19,20,21). The number of hydrogen-bond acceptors (Lipinski definition) is 5. The molecule has 5 nitrogen and oxygen atoms in total. The lowest BCUT2D eigenvalue weighted by Crippen LogP contribution is -2.12. The summed E-state index contributed by atoms with van der Waals surface area (Å²) in [6.07, 6.45) is 0. The second-order valence-corrected chi connectivity index (χ2v) is 5.70. The number of hydrogen-bond donors (Lipinski definition) is 3. The van der Waals surface area contributed by atoms with Crippen molar-refractivity contribution in [2.45, 2.75) is 39.5 Å². The minimum Gasteiger partial charge on any atom is -0.340 e. The molecule has 2 rings (SSSR count). The van der Waals surface area contributed by atoms with E-state index in [2.05, 4.69) is 72.7 Å². The van der Waals surface area contributed by atoms with Crippen LogP contribution >= 0.6 is 0 Å². The van der Waals surface area contributed by atoms with Crippen LogP contribution < -0.4 is 16.6 Å². The zero-order valence-corrected chi connectivity index (χ0v) is 13.0. The first-order chi connectivity index (χ1) is 9.99. The third-order valence-corrected chi connectivity index (χ3v) is 3.26. The molecule has 0 bridgehead atoms. The highest BCUT2D eigenvalue weighted by Crippen LogP contribution is 2.22. The maximum absolute atomic E-state index is 5.47. The summed E-state index contributed by atoms with van der Waals surface area (Å²) in [6, 6.07) is 10.2. The van der Waals surface area contributed by atoms with Crippen LogP contribution in [0.4, 0.5) is 17.3 Å². The highest BCUT2D eigenvalue weighted by Gasteiger charge is 2.08. The molecule has 0 saturated heterocycles. The summed E-state index contributed by atoms with van der Waals surface area (Å²) in [4.78, 5) is 8.86. The van der Waals surface area contributed by atoms with Gasteiger partial charge in [-0.2, -0.15) is 0 Å². The van der Waals surface area contributed by atoms with Crippen LogP contribution in [0.5, 0.6) is 0 Å². The van der Waals surface area contributed by atoms with Gasteiger partial charge in [-0.3, -0.25) is 0 Å². The van der Waals surface area contributed by atoms with Crippen LogP contribution in [0, 0.1) is 0 Å². The molecule has 0 aliphatic heterocycles. The van der Waals surface area contributed by atoms with Crippen molar-refractivity contribution in [1.29, 1.82) is 0 Å². The molecule has 0 aliphatic rings. The molecule has 1 heterocycles. The second kappa shape index (κ2) is 6.54. The highest BCUT2D eigenvalue weighted by atomic mass is 15.3. The Morgan fingerprint density at radius 3 is 2.05 bits per heavy atom. The van der Waals surface area contributed by atoms with Crippen molar-refractivity contribution in [2.75, 3.05) is 10.7 Å². The van der Waals surface area contributed by atoms with Crippen molar-refractivity contribution >= 4 is 17.3 Å². The van der Waals surface area contributed by atoms with E-state index in [-0.39, 0.29) is 5.92 Å². The molecular formula is C16H23N5. The topological polar surface area (TPSA) is 75.9 Å². The third kappa shape index (κ3) is 3.92. The van der Waals surface area contributed by atoms with Gasteiger partial charge in [-0.25, -0.2) is 15.8 Å². The summed E-state index contributed by atoms with van der Waals surface area (Å²) in [5.41, 5.74) is 4.89. The zero-order valence-electron chi connectivity index (χ0n) is 13.0. The number of nitrogens with zero attached hydrogens (tertiary/aromatic N) is 2. The minimum atomic E-state index is 0.238. The first-order valence-electron chi connectivity index (χ1n) is 7.22. The summed E-state index contributed by atoms with van der Waals surface area (Å²) >= 11 is 0. The molecule has 1 aromatic carbocycles. The van der Waals surface area contributed by atoms with Crippen LogP contribution in [-0.4, -0.2) is 9.97 Å². The van der Waals surface area contributed by atoms with Gasteiger partial charge >= 0.3 is 0 Å². The van der Waals surface area contributed by atoms with E-state index in [1.54, 1.807) is 6.07 Å². The van der Waals surface area contributed by atoms with Crippen molar-refractivity contribution in [1.82, 2.24) is 9.97 Å². The smallest absolute Gasteiger partial charge is 0.145 e. The molecule has 0 saturated carbocycles. The fraction of sp³-hybridized carbons (Fsp3) is 0.375. The molecule has 112 valence electrons. The first-order valence-corrected chi connectivity index (χ1v) is 7.22. The average molecular weight is 285 g/mol. The minimum absolute atomic E-state index is 0.238. The average Bonchev–Trinajstić information content (AvgIpc) is 2.47. The number of nitrogens with one attached hydrogen (secondary N) is 2. The Balaban J connectivity index is 2.24. The number of rotatable bonds is 5.